The van der Waals surface area contributed by atoms with Crippen molar-refractivity contribution in [3.8, 4) is 0 Å². The zero-order chi connectivity index (χ0) is 11.1. The number of primary amides is 1. The van der Waals surface area contributed by atoms with Gasteiger partial charge < -0.3 is 11.1 Å². The highest BCUT2D eigenvalue weighted by Gasteiger charge is 2.21. The van der Waals surface area contributed by atoms with Crippen LogP contribution in [-0.4, -0.2) is 18.0 Å². The standard InChI is InChI=1S/C12H24N2O/c1-2-3-4-9-11(12(13)15)14-10-7-5-6-8-10/h10-11,14H,2-9H2,1H3,(H2,13,15). The van der Waals surface area contributed by atoms with Gasteiger partial charge in [0.25, 0.3) is 0 Å². The summed E-state index contributed by atoms with van der Waals surface area (Å²) in [7, 11) is 0. The summed E-state index contributed by atoms with van der Waals surface area (Å²) in [5.74, 6) is -0.182. The van der Waals surface area contributed by atoms with Gasteiger partial charge in [-0.1, -0.05) is 39.0 Å². The summed E-state index contributed by atoms with van der Waals surface area (Å²) in [5.41, 5.74) is 5.40. The van der Waals surface area contributed by atoms with E-state index in [1.807, 2.05) is 0 Å². The first-order valence-corrected chi connectivity index (χ1v) is 6.29. The normalized spacial score (nSPS) is 19.3. The van der Waals surface area contributed by atoms with Crippen LogP contribution in [0.3, 0.4) is 0 Å². The molecule has 1 aliphatic carbocycles. The lowest BCUT2D eigenvalue weighted by atomic mass is 10.1. The number of unbranched alkanes of at least 4 members (excludes halogenated alkanes) is 2. The molecule has 1 fully saturated rings. The van der Waals surface area contributed by atoms with Crippen LogP contribution < -0.4 is 11.1 Å². The molecule has 0 heterocycles. The molecule has 1 unspecified atom stereocenters. The fraction of sp³-hybridized carbons (Fsp3) is 0.917. The fourth-order valence-electron chi connectivity index (χ4n) is 2.28. The van der Waals surface area contributed by atoms with Crippen molar-refractivity contribution in [3.63, 3.8) is 0 Å². The van der Waals surface area contributed by atoms with E-state index in [1.54, 1.807) is 0 Å². The van der Waals surface area contributed by atoms with E-state index in [2.05, 4.69) is 12.2 Å². The molecule has 0 spiro atoms. The smallest absolute Gasteiger partial charge is 0.234 e. The zero-order valence-electron chi connectivity index (χ0n) is 9.80. The van der Waals surface area contributed by atoms with Crippen molar-refractivity contribution in [1.29, 1.82) is 0 Å². The molecule has 1 atom stereocenters. The average Bonchev–Trinajstić information content (AvgIpc) is 2.69. The molecule has 0 aromatic heterocycles. The highest BCUT2D eigenvalue weighted by molar-refractivity contribution is 5.79. The second kappa shape index (κ2) is 6.83. The highest BCUT2D eigenvalue weighted by atomic mass is 16.1. The van der Waals surface area contributed by atoms with Crippen LogP contribution in [0.25, 0.3) is 0 Å². The molecule has 3 nitrogen and oxygen atoms in total. The molecule has 3 N–H and O–H groups in total. The predicted molar refractivity (Wildman–Crippen MR) is 62.5 cm³/mol. The molecule has 1 aliphatic rings. The van der Waals surface area contributed by atoms with Gasteiger partial charge in [0.05, 0.1) is 6.04 Å². The summed E-state index contributed by atoms with van der Waals surface area (Å²) >= 11 is 0. The van der Waals surface area contributed by atoms with Crippen molar-refractivity contribution in [1.82, 2.24) is 5.32 Å². The maximum Gasteiger partial charge on any atom is 0.234 e. The van der Waals surface area contributed by atoms with Crippen LogP contribution >= 0.6 is 0 Å². The third-order valence-corrected chi connectivity index (χ3v) is 3.23. The van der Waals surface area contributed by atoms with Crippen LogP contribution in [0.1, 0.15) is 58.3 Å². The first-order chi connectivity index (χ1) is 7.24. The van der Waals surface area contributed by atoms with Gasteiger partial charge in [-0.25, -0.2) is 0 Å². The molecule has 3 heteroatoms. The number of hydrogen-bond acceptors (Lipinski definition) is 2. The Hall–Kier alpha value is -0.570. The number of nitrogens with one attached hydrogen (secondary N) is 1. The van der Waals surface area contributed by atoms with Gasteiger partial charge in [0.2, 0.25) is 5.91 Å². The molecule has 1 amide bonds. The van der Waals surface area contributed by atoms with Gasteiger partial charge in [0, 0.05) is 6.04 Å². The minimum Gasteiger partial charge on any atom is -0.368 e. The lowest BCUT2D eigenvalue weighted by molar-refractivity contribution is -0.120. The monoisotopic (exact) mass is 212 g/mol. The predicted octanol–water partition coefficient (Wildman–Crippen LogP) is 1.95. The Morgan fingerprint density at radius 3 is 2.60 bits per heavy atom. The van der Waals surface area contributed by atoms with Gasteiger partial charge in [-0.05, 0) is 19.3 Å². The second-order valence-electron chi connectivity index (χ2n) is 4.60. The maximum atomic E-state index is 11.2. The number of rotatable bonds is 7. The first-order valence-electron chi connectivity index (χ1n) is 6.29. The van der Waals surface area contributed by atoms with Crippen molar-refractivity contribution < 1.29 is 4.79 Å². The van der Waals surface area contributed by atoms with Gasteiger partial charge in [-0.3, -0.25) is 4.79 Å². The topological polar surface area (TPSA) is 55.1 Å². The molecular weight excluding hydrogens is 188 g/mol. The average molecular weight is 212 g/mol. The number of amides is 1. The minimum absolute atomic E-state index is 0.0975. The first kappa shape index (κ1) is 12.5. The summed E-state index contributed by atoms with van der Waals surface area (Å²) in [5, 5.41) is 3.40. The molecule has 0 aromatic rings. The van der Waals surface area contributed by atoms with E-state index in [9.17, 15) is 4.79 Å². The Kier molecular flexibility index (Phi) is 5.69. The summed E-state index contributed by atoms with van der Waals surface area (Å²) in [6.07, 6.45) is 9.37. The SMILES string of the molecule is CCCCCC(NC1CCCC1)C(N)=O. The quantitative estimate of drug-likeness (QED) is 0.634. The molecule has 15 heavy (non-hydrogen) atoms. The molecule has 0 saturated heterocycles. The lowest BCUT2D eigenvalue weighted by Crippen LogP contribution is -2.45. The number of carbonyl (C=O) groups is 1. The van der Waals surface area contributed by atoms with Crippen LogP contribution in [0.2, 0.25) is 0 Å². The third-order valence-electron chi connectivity index (χ3n) is 3.23. The van der Waals surface area contributed by atoms with Crippen molar-refractivity contribution in [2.24, 2.45) is 5.73 Å². The Morgan fingerprint density at radius 2 is 2.07 bits per heavy atom. The molecule has 1 saturated carbocycles. The van der Waals surface area contributed by atoms with E-state index in [0.29, 0.717) is 6.04 Å². The minimum atomic E-state index is -0.182. The highest BCUT2D eigenvalue weighted by Crippen LogP contribution is 2.19. The van der Waals surface area contributed by atoms with Crippen molar-refractivity contribution >= 4 is 5.91 Å². The summed E-state index contributed by atoms with van der Waals surface area (Å²) in [6.45, 7) is 2.17. The van der Waals surface area contributed by atoms with Crippen LogP contribution in [0.5, 0.6) is 0 Å². The van der Waals surface area contributed by atoms with Crippen molar-refractivity contribution in [3.05, 3.63) is 0 Å². The van der Waals surface area contributed by atoms with Gasteiger partial charge in [0.1, 0.15) is 0 Å². The second-order valence-corrected chi connectivity index (χ2v) is 4.60. The molecular formula is C12H24N2O. The Bertz CT molecular complexity index is 188. The molecule has 0 radical (unpaired) electrons. The molecule has 88 valence electrons. The lowest BCUT2D eigenvalue weighted by Gasteiger charge is -2.20. The van der Waals surface area contributed by atoms with E-state index in [-0.39, 0.29) is 11.9 Å². The van der Waals surface area contributed by atoms with Gasteiger partial charge in [-0.2, -0.15) is 0 Å². The Morgan fingerprint density at radius 1 is 1.40 bits per heavy atom. The van der Waals surface area contributed by atoms with E-state index >= 15 is 0 Å². The van der Waals surface area contributed by atoms with E-state index < -0.39 is 0 Å². The van der Waals surface area contributed by atoms with E-state index in [0.717, 1.165) is 12.8 Å². The molecule has 1 rings (SSSR count). The van der Waals surface area contributed by atoms with Crippen LogP contribution in [0.4, 0.5) is 0 Å². The summed E-state index contributed by atoms with van der Waals surface area (Å²) < 4.78 is 0. The van der Waals surface area contributed by atoms with Crippen molar-refractivity contribution in [2.45, 2.75) is 70.4 Å². The zero-order valence-corrected chi connectivity index (χ0v) is 9.80. The Balaban J connectivity index is 2.26. The number of nitrogens with two attached hydrogens (primary N) is 1. The number of hydrogen-bond donors (Lipinski definition) is 2. The van der Waals surface area contributed by atoms with Gasteiger partial charge in [-0.15, -0.1) is 0 Å². The molecule has 0 aliphatic heterocycles. The third kappa shape index (κ3) is 4.65. The van der Waals surface area contributed by atoms with E-state index in [1.165, 1.54) is 38.5 Å². The van der Waals surface area contributed by atoms with Crippen LogP contribution in [-0.2, 0) is 4.79 Å². The number of carbonyl (C=O) groups excluding carboxylic acids is 1. The van der Waals surface area contributed by atoms with Gasteiger partial charge >= 0.3 is 0 Å². The van der Waals surface area contributed by atoms with Crippen molar-refractivity contribution in [2.75, 3.05) is 0 Å². The molecule has 0 aromatic carbocycles. The Labute approximate surface area is 92.8 Å². The largest absolute Gasteiger partial charge is 0.368 e. The fourth-order valence-corrected chi connectivity index (χ4v) is 2.28. The maximum absolute atomic E-state index is 11.2. The van der Waals surface area contributed by atoms with Crippen LogP contribution in [0.15, 0.2) is 0 Å². The van der Waals surface area contributed by atoms with Crippen LogP contribution in [0, 0.1) is 0 Å². The summed E-state index contributed by atoms with van der Waals surface area (Å²) in [4.78, 5) is 11.2. The summed E-state index contributed by atoms with van der Waals surface area (Å²) in [6, 6.07) is 0.434. The van der Waals surface area contributed by atoms with E-state index in [4.69, 9.17) is 5.73 Å². The van der Waals surface area contributed by atoms with Gasteiger partial charge in [0.15, 0.2) is 0 Å². The molecule has 0 bridgehead atoms.